The molecule has 1 heterocycles. The van der Waals surface area contributed by atoms with Gasteiger partial charge in [-0.3, -0.25) is 4.79 Å². The van der Waals surface area contributed by atoms with Crippen molar-refractivity contribution in [3.8, 4) is 0 Å². The van der Waals surface area contributed by atoms with Gasteiger partial charge in [-0.05, 0) is 30.7 Å². The maximum Gasteiger partial charge on any atom is 0.223 e. The Balaban J connectivity index is 0.00000200. The van der Waals surface area contributed by atoms with Crippen molar-refractivity contribution < 1.29 is 4.79 Å². The van der Waals surface area contributed by atoms with E-state index in [1.54, 1.807) is 11.3 Å². The molecule has 1 aromatic heterocycles. The van der Waals surface area contributed by atoms with Gasteiger partial charge in [-0.2, -0.15) is 0 Å². The van der Waals surface area contributed by atoms with Crippen molar-refractivity contribution >= 4 is 29.7 Å². The van der Waals surface area contributed by atoms with E-state index >= 15 is 0 Å². The number of nitrogens with one attached hydrogen (secondary N) is 1. The Kier molecular flexibility index (Phi) is 6.49. The van der Waals surface area contributed by atoms with Crippen molar-refractivity contribution in [2.24, 2.45) is 11.7 Å². The zero-order valence-electron chi connectivity index (χ0n) is 12.2. The topological polar surface area (TPSA) is 55.1 Å². The molecule has 2 unspecified atom stereocenters. The van der Waals surface area contributed by atoms with Crippen LogP contribution in [0.5, 0.6) is 0 Å². The predicted octanol–water partition coefficient (Wildman–Crippen LogP) is 3.08. The fourth-order valence-corrected chi connectivity index (χ4v) is 3.52. The molecule has 0 aromatic carbocycles. The molecule has 3 nitrogen and oxygen atoms in total. The van der Waals surface area contributed by atoms with E-state index in [1.807, 2.05) is 0 Å². The molecule has 114 valence electrons. The van der Waals surface area contributed by atoms with Crippen molar-refractivity contribution in [3.63, 3.8) is 0 Å². The van der Waals surface area contributed by atoms with Crippen LogP contribution in [0.25, 0.3) is 0 Å². The number of thiophene rings is 1. The summed E-state index contributed by atoms with van der Waals surface area (Å²) in [5.74, 6) is 0.294. The number of carbonyl (C=O) groups excluding carboxylic acids is 1. The molecule has 0 saturated heterocycles. The smallest absolute Gasteiger partial charge is 0.223 e. The fraction of sp³-hybridized carbons (Fsp3) is 0.667. The van der Waals surface area contributed by atoms with Gasteiger partial charge >= 0.3 is 0 Å². The third-order valence-corrected chi connectivity index (χ3v) is 5.21. The van der Waals surface area contributed by atoms with Gasteiger partial charge in [0.15, 0.2) is 0 Å². The van der Waals surface area contributed by atoms with Gasteiger partial charge in [0.1, 0.15) is 0 Å². The molecule has 5 heteroatoms. The van der Waals surface area contributed by atoms with E-state index < -0.39 is 0 Å². The van der Waals surface area contributed by atoms with Crippen LogP contribution in [0.1, 0.15) is 44.4 Å². The zero-order chi connectivity index (χ0) is 13.9. The summed E-state index contributed by atoms with van der Waals surface area (Å²) in [4.78, 5) is 13.5. The molecule has 1 amide bonds. The average molecular weight is 317 g/mol. The summed E-state index contributed by atoms with van der Waals surface area (Å²) in [5.41, 5.74) is 5.94. The van der Waals surface area contributed by atoms with Gasteiger partial charge in [0.05, 0.1) is 0 Å². The Bertz CT molecular complexity index is 420. The van der Waals surface area contributed by atoms with Crippen LogP contribution in [0.4, 0.5) is 0 Å². The minimum absolute atomic E-state index is 0. The Morgan fingerprint density at radius 3 is 2.85 bits per heavy atom. The highest BCUT2D eigenvalue weighted by atomic mass is 35.5. The summed E-state index contributed by atoms with van der Waals surface area (Å²) in [5, 5.41) is 5.20. The molecule has 20 heavy (non-hydrogen) atoms. The molecule has 0 aliphatic heterocycles. The largest absolute Gasteiger partial charge is 0.355 e. The van der Waals surface area contributed by atoms with Crippen molar-refractivity contribution in [2.75, 3.05) is 6.54 Å². The van der Waals surface area contributed by atoms with Crippen LogP contribution in [0.2, 0.25) is 0 Å². The number of hydrogen-bond acceptors (Lipinski definition) is 3. The molecule has 0 spiro atoms. The first-order valence-electron chi connectivity index (χ1n) is 7.06. The Morgan fingerprint density at radius 2 is 2.25 bits per heavy atom. The van der Waals surface area contributed by atoms with E-state index in [0.29, 0.717) is 6.54 Å². The normalized spacial score (nSPS) is 22.9. The summed E-state index contributed by atoms with van der Waals surface area (Å²) >= 11 is 1.75. The lowest BCUT2D eigenvalue weighted by molar-refractivity contribution is -0.126. The molecule has 1 aliphatic rings. The van der Waals surface area contributed by atoms with Crippen molar-refractivity contribution in [1.82, 2.24) is 5.32 Å². The maximum absolute atomic E-state index is 12.2. The van der Waals surface area contributed by atoms with Crippen LogP contribution in [-0.2, 0) is 10.2 Å². The van der Waals surface area contributed by atoms with Crippen molar-refractivity contribution in [2.45, 2.75) is 51.0 Å². The van der Waals surface area contributed by atoms with Crippen LogP contribution < -0.4 is 11.1 Å². The lowest BCUT2D eigenvalue weighted by Crippen LogP contribution is -2.42. The minimum Gasteiger partial charge on any atom is -0.355 e. The third kappa shape index (κ3) is 4.47. The van der Waals surface area contributed by atoms with E-state index in [1.165, 1.54) is 4.88 Å². The summed E-state index contributed by atoms with van der Waals surface area (Å²) in [6.07, 6.45) is 3.96. The second-order valence-electron chi connectivity index (χ2n) is 6.20. The molecule has 2 atom stereocenters. The lowest BCUT2D eigenvalue weighted by Gasteiger charge is -2.28. The number of carbonyl (C=O) groups is 1. The molecule has 0 bridgehead atoms. The molecule has 1 aromatic rings. The second kappa shape index (κ2) is 7.43. The average Bonchev–Trinajstić information content (AvgIpc) is 2.90. The number of amides is 1. The predicted molar refractivity (Wildman–Crippen MR) is 87.5 cm³/mol. The van der Waals surface area contributed by atoms with Gasteiger partial charge in [-0.1, -0.05) is 26.3 Å². The number of nitrogens with two attached hydrogens (primary N) is 1. The van der Waals surface area contributed by atoms with Gasteiger partial charge in [-0.15, -0.1) is 23.7 Å². The number of halogens is 1. The number of rotatable bonds is 4. The Morgan fingerprint density at radius 1 is 1.50 bits per heavy atom. The molecule has 1 fully saturated rings. The SMILES string of the molecule is CC(C)(CNC(=O)C1CCCC(N)C1)c1cccs1.Cl. The molecule has 0 radical (unpaired) electrons. The fourth-order valence-electron chi connectivity index (χ4n) is 2.67. The minimum atomic E-state index is 0. The second-order valence-corrected chi connectivity index (χ2v) is 7.15. The summed E-state index contributed by atoms with van der Waals surface area (Å²) in [7, 11) is 0. The van der Waals surface area contributed by atoms with E-state index in [0.717, 1.165) is 25.7 Å². The van der Waals surface area contributed by atoms with E-state index in [-0.39, 0.29) is 35.7 Å². The van der Waals surface area contributed by atoms with Crippen LogP contribution in [0, 0.1) is 5.92 Å². The van der Waals surface area contributed by atoms with Crippen LogP contribution in [0.3, 0.4) is 0 Å². The van der Waals surface area contributed by atoms with Gasteiger partial charge < -0.3 is 11.1 Å². The highest BCUT2D eigenvalue weighted by Crippen LogP contribution is 2.27. The monoisotopic (exact) mass is 316 g/mol. The zero-order valence-corrected chi connectivity index (χ0v) is 13.9. The van der Waals surface area contributed by atoms with Crippen LogP contribution in [0.15, 0.2) is 17.5 Å². The Hall–Kier alpha value is -0.580. The standard InChI is InChI=1S/C15H24N2OS.ClH/c1-15(2,13-7-4-8-19-13)10-17-14(18)11-5-3-6-12(16)9-11;/h4,7-8,11-12H,3,5-6,9-10,16H2,1-2H3,(H,17,18);1H. The van der Waals surface area contributed by atoms with E-state index in [4.69, 9.17) is 5.73 Å². The van der Waals surface area contributed by atoms with Gasteiger partial charge in [-0.25, -0.2) is 0 Å². The van der Waals surface area contributed by atoms with E-state index in [2.05, 4.69) is 36.7 Å². The lowest BCUT2D eigenvalue weighted by atomic mass is 9.85. The molecule has 1 aliphatic carbocycles. The molecule has 3 N–H and O–H groups in total. The van der Waals surface area contributed by atoms with Gasteiger partial charge in [0.25, 0.3) is 0 Å². The number of hydrogen-bond donors (Lipinski definition) is 2. The highest BCUT2D eigenvalue weighted by molar-refractivity contribution is 7.10. The first kappa shape index (κ1) is 17.5. The summed E-state index contributed by atoms with van der Waals surface area (Å²) in [6.45, 7) is 5.04. The van der Waals surface area contributed by atoms with Gasteiger partial charge in [0, 0.05) is 28.8 Å². The van der Waals surface area contributed by atoms with Crippen molar-refractivity contribution in [1.29, 1.82) is 0 Å². The summed E-state index contributed by atoms with van der Waals surface area (Å²) in [6, 6.07) is 4.40. The van der Waals surface area contributed by atoms with E-state index in [9.17, 15) is 4.79 Å². The highest BCUT2D eigenvalue weighted by Gasteiger charge is 2.28. The third-order valence-electron chi connectivity index (χ3n) is 3.98. The van der Waals surface area contributed by atoms with Crippen LogP contribution in [-0.4, -0.2) is 18.5 Å². The first-order chi connectivity index (χ1) is 8.99. The molecular weight excluding hydrogens is 292 g/mol. The summed E-state index contributed by atoms with van der Waals surface area (Å²) < 4.78 is 0. The maximum atomic E-state index is 12.2. The van der Waals surface area contributed by atoms with Gasteiger partial charge in [0.2, 0.25) is 5.91 Å². The Labute approximate surface area is 131 Å². The van der Waals surface area contributed by atoms with Crippen LogP contribution >= 0.6 is 23.7 Å². The molecular formula is C15H25ClN2OS. The van der Waals surface area contributed by atoms with Crippen molar-refractivity contribution in [3.05, 3.63) is 22.4 Å². The quantitative estimate of drug-likeness (QED) is 0.897. The molecule has 1 saturated carbocycles. The first-order valence-corrected chi connectivity index (χ1v) is 7.94. The molecule has 2 rings (SSSR count).